The monoisotopic (exact) mass is 268 g/mol. The maximum absolute atomic E-state index is 2.29. The normalized spacial score (nSPS) is 19.4. The molecule has 0 spiro atoms. The highest BCUT2D eigenvalue weighted by Crippen LogP contribution is 2.24. The van der Waals surface area contributed by atoms with Gasteiger partial charge in [-0.25, -0.2) is 0 Å². The average Bonchev–Trinajstić information content (AvgIpc) is 2.07. The van der Waals surface area contributed by atoms with Crippen LogP contribution >= 0.6 is 24.0 Å². The van der Waals surface area contributed by atoms with Gasteiger partial charge < -0.3 is 9.80 Å². The van der Waals surface area contributed by atoms with Crippen LogP contribution in [-0.4, -0.2) is 30.1 Å². The molecular weight excluding hydrogens is 251 g/mol. The zero-order valence-electron chi connectivity index (χ0n) is 7.88. The molecule has 1 aliphatic heterocycles. The van der Waals surface area contributed by atoms with E-state index in [9.17, 15) is 0 Å². The number of hydrogen-bond acceptors (Lipinski definition) is 2. The number of nitrogens with zero attached hydrogens (tertiary/aromatic N) is 2. The number of halogens is 1. The van der Waals surface area contributed by atoms with Crippen molar-refractivity contribution in [3.05, 3.63) is 11.4 Å². The van der Waals surface area contributed by atoms with Gasteiger partial charge in [0.2, 0.25) is 0 Å². The first-order valence-electron chi connectivity index (χ1n) is 3.69. The van der Waals surface area contributed by atoms with Gasteiger partial charge in [0.15, 0.2) is 0 Å². The van der Waals surface area contributed by atoms with Crippen molar-refractivity contribution in [1.29, 1.82) is 0 Å². The molecule has 1 aliphatic rings. The van der Waals surface area contributed by atoms with Crippen LogP contribution in [-0.2, 0) is 0 Å². The largest absolute Gasteiger partial charge is 0.357 e. The third kappa shape index (κ3) is 1.63. The zero-order valence-corrected chi connectivity index (χ0v) is 10.2. The van der Waals surface area contributed by atoms with Gasteiger partial charge in [-0.1, -0.05) is 0 Å². The first-order valence-corrected chi connectivity index (χ1v) is 3.69. The Bertz CT molecular complexity index is 159. The highest BCUT2D eigenvalue weighted by molar-refractivity contribution is 14.0. The predicted molar refractivity (Wildman–Crippen MR) is 58.8 cm³/mol. The van der Waals surface area contributed by atoms with E-state index in [0.29, 0.717) is 6.17 Å². The Morgan fingerprint density at radius 1 is 1.00 bits per heavy atom. The second kappa shape index (κ2) is 3.65. The fraction of sp³-hybridized carbons (Fsp3) is 0.750. The van der Waals surface area contributed by atoms with E-state index in [4.69, 9.17) is 0 Å². The summed E-state index contributed by atoms with van der Waals surface area (Å²) >= 11 is 0. The molecule has 66 valence electrons. The predicted octanol–water partition coefficient (Wildman–Crippen LogP) is 2.08. The lowest BCUT2D eigenvalue weighted by atomic mass is 10.4. The minimum Gasteiger partial charge on any atom is -0.357 e. The maximum atomic E-state index is 2.29. The van der Waals surface area contributed by atoms with E-state index in [2.05, 4.69) is 44.7 Å². The number of allylic oxidation sites excluding steroid dienone is 2. The van der Waals surface area contributed by atoms with E-state index in [0.717, 1.165) is 0 Å². The minimum absolute atomic E-state index is 0. The lowest BCUT2D eigenvalue weighted by Gasteiger charge is -2.25. The van der Waals surface area contributed by atoms with E-state index in [-0.39, 0.29) is 24.0 Å². The molecule has 0 amide bonds. The lowest BCUT2D eigenvalue weighted by Crippen LogP contribution is -2.32. The second-order valence-electron chi connectivity index (χ2n) is 3.02. The van der Waals surface area contributed by atoms with Crippen LogP contribution in [0.15, 0.2) is 11.4 Å². The average molecular weight is 268 g/mol. The Morgan fingerprint density at radius 2 is 1.27 bits per heavy atom. The molecule has 0 atom stereocenters. The van der Waals surface area contributed by atoms with Crippen molar-refractivity contribution in [2.75, 3.05) is 14.1 Å². The van der Waals surface area contributed by atoms with Gasteiger partial charge in [-0.05, 0) is 20.8 Å². The highest BCUT2D eigenvalue weighted by Gasteiger charge is 2.24. The van der Waals surface area contributed by atoms with Gasteiger partial charge in [0, 0.05) is 25.5 Å². The smallest absolute Gasteiger partial charge is 0.0976 e. The molecule has 2 nitrogen and oxygen atoms in total. The molecule has 0 radical (unpaired) electrons. The SMILES string of the molecule is CC1=C(C)N(C)C(C)N1C.I. The van der Waals surface area contributed by atoms with Gasteiger partial charge in [-0.3, -0.25) is 0 Å². The van der Waals surface area contributed by atoms with Gasteiger partial charge in [-0.15, -0.1) is 24.0 Å². The molecule has 0 unspecified atom stereocenters. The summed E-state index contributed by atoms with van der Waals surface area (Å²) in [7, 11) is 4.26. The first-order chi connectivity index (χ1) is 4.55. The van der Waals surface area contributed by atoms with E-state index >= 15 is 0 Å². The molecule has 0 aliphatic carbocycles. The third-order valence-electron chi connectivity index (χ3n) is 2.70. The fourth-order valence-corrected chi connectivity index (χ4v) is 1.33. The summed E-state index contributed by atoms with van der Waals surface area (Å²) < 4.78 is 0. The molecule has 0 N–H and O–H groups in total. The van der Waals surface area contributed by atoms with Crippen LogP contribution in [0.3, 0.4) is 0 Å². The molecule has 0 saturated heterocycles. The summed E-state index contributed by atoms with van der Waals surface area (Å²) in [5, 5.41) is 0. The van der Waals surface area contributed by atoms with Gasteiger partial charge >= 0.3 is 0 Å². The van der Waals surface area contributed by atoms with Crippen LogP contribution < -0.4 is 0 Å². The van der Waals surface area contributed by atoms with Gasteiger partial charge in [0.1, 0.15) is 0 Å². The molecule has 11 heavy (non-hydrogen) atoms. The van der Waals surface area contributed by atoms with Gasteiger partial charge in [0.05, 0.1) is 6.17 Å². The molecule has 1 rings (SSSR count). The van der Waals surface area contributed by atoms with E-state index < -0.39 is 0 Å². The number of hydrogen-bond donors (Lipinski definition) is 0. The molecule has 0 saturated carbocycles. The molecular formula is C8H17IN2. The third-order valence-corrected chi connectivity index (χ3v) is 2.70. The van der Waals surface area contributed by atoms with Crippen molar-refractivity contribution in [3.63, 3.8) is 0 Å². The van der Waals surface area contributed by atoms with Crippen molar-refractivity contribution < 1.29 is 0 Å². The standard InChI is InChI=1S/C8H16N2.HI/c1-6-7(2)10(5)8(3)9(6)4;/h8H,1-5H3;1H. The van der Waals surface area contributed by atoms with Crippen LogP contribution in [0.2, 0.25) is 0 Å². The lowest BCUT2D eigenvalue weighted by molar-refractivity contribution is 0.209. The van der Waals surface area contributed by atoms with E-state index in [1.807, 2.05) is 0 Å². The summed E-state index contributed by atoms with van der Waals surface area (Å²) in [5.41, 5.74) is 2.77. The van der Waals surface area contributed by atoms with Crippen molar-refractivity contribution in [1.82, 2.24) is 9.80 Å². The van der Waals surface area contributed by atoms with Crippen LogP contribution in [0.4, 0.5) is 0 Å². The van der Waals surface area contributed by atoms with Crippen molar-refractivity contribution >= 4 is 24.0 Å². The van der Waals surface area contributed by atoms with Crippen LogP contribution in [0.5, 0.6) is 0 Å². The zero-order chi connectivity index (χ0) is 7.89. The second-order valence-corrected chi connectivity index (χ2v) is 3.02. The number of rotatable bonds is 0. The molecule has 1 heterocycles. The molecule has 0 fully saturated rings. The van der Waals surface area contributed by atoms with E-state index in [1.165, 1.54) is 11.4 Å². The van der Waals surface area contributed by atoms with Crippen LogP contribution in [0.25, 0.3) is 0 Å². The van der Waals surface area contributed by atoms with Crippen LogP contribution in [0.1, 0.15) is 20.8 Å². The minimum atomic E-state index is 0. The Morgan fingerprint density at radius 3 is 1.36 bits per heavy atom. The Hall–Kier alpha value is 0.0700. The summed E-state index contributed by atoms with van der Waals surface area (Å²) in [6.45, 7) is 6.53. The van der Waals surface area contributed by atoms with Crippen molar-refractivity contribution in [2.24, 2.45) is 0 Å². The quantitative estimate of drug-likeness (QED) is 0.621. The summed E-state index contributed by atoms with van der Waals surface area (Å²) in [5.74, 6) is 0. The topological polar surface area (TPSA) is 6.48 Å². The Balaban J connectivity index is 0.000001000. The van der Waals surface area contributed by atoms with Gasteiger partial charge in [-0.2, -0.15) is 0 Å². The molecule has 0 aromatic carbocycles. The summed E-state index contributed by atoms with van der Waals surface area (Å²) in [4.78, 5) is 4.57. The van der Waals surface area contributed by atoms with Crippen molar-refractivity contribution in [3.8, 4) is 0 Å². The van der Waals surface area contributed by atoms with Crippen molar-refractivity contribution in [2.45, 2.75) is 26.9 Å². The van der Waals surface area contributed by atoms with E-state index in [1.54, 1.807) is 0 Å². The summed E-state index contributed by atoms with van der Waals surface area (Å²) in [6, 6.07) is 0. The summed E-state index contributed by atoms with van der Waals surface area (Å²) in [6.07, 6.45) is 0.528. The maximum Gasteiger partial charge on any atom is 0.0976 e. The highest BCUT2D eigenvalue weighted by atomic mass is 127. The molecule has 3 heteroatoms. The fourth-order valence-electron chi connectivity index (χ4n) is 1.33. The molecule has 0 aromatic rings. The molecule has 0 aromatic heterocycles. The first kappa shape index (κ1) is 11.1. The Kier molecular flexibility index (Phi) is 3.67. The Labute approximate surface area is 86.3 Å². The van der Waals surface area contributed by atoms with Gasteiger partial charge in [0.25, 0.3) is 0 Å². The molecule has 0 bridgehead atoms. The van der Waals surface area contributed by atoms with Crippen LogP contribution in [0, 0.1) is 0 Å².